The highest BCUT2D eigenvalue weighted by Gasteiger charge is 1.90. The van der Waals surface area contributed by atoms with E-state index in [0.29, 0.717) is 13.2 Å². The average Bonchev–Trinajstić information content (AvgIpc) is 2.21. The number of nitrogens with zero attached hydrogens (tertiary/aromatic N) is 1. The summed E-state index contributed by atoms with van der Waals surface area (Å²) in [5.41, 5.74) is 0. The van der Waals surface area contributed by atoms with Crippen LogP contribution in [0.3, 0.4) is 0 Å². The van der Waals surface area contributed by atoms with Gasteiger partial charge in [0.05, 0.1) is 6.54 Å². The molecule has 0 aromatic heterocycles. The molecule has 0 amide bonds. The zero-order valence-electron chi connectivity index (χ0n) is 9.13. The van der Waals surface area contributed by atoms with E-state index in [1.165, 1.54) is 31.8 Å². The Morgan fingerprint density at radius 2 is 1.79 bits per heavy atom. The molecule has 0 bridgehead atoms. The van der Waals surface area contributed by atoms with E-state index in [4.69, 9.17) is 4.74 Å². The number of isocyanates is 1. The molecule has 0 fully saturated rings. The molecule has 0 aromatic rings. The summed E-state index contributed by atoms with van der Waals surface area (Å²) in [6, 6.07) is 0. The van der Waals surface area contributed by atoms with E-state index >= 15 is 0 Å². The van der Waals surface area contributed by atoms with Crippen molar-refractivity contribution < 1.29 is 9.53 Å². The first-order valence-electron chi connectivity index (χ1n) is 5.53. The molecule has 0 aromatic carbocycles. The molecule has 0 aliphatic carbocycles. The fraction of sp³-hybridized carbons (Fsp3) is 0.909. The van der Waals surface area contributed by atoms with E-state index in [0.717, 1.165) is 19.4 Å². The highest BCUT2D eigenvalue weighted by molar-refractivity contribution is 5.32. The van der Waals surface area contributed by atoms with E-state index < -0.39 is 0 Å². The van der Waals surface area contributed by atoms with Gasteiger partial charge in [-0.3, -0.25) is 0 Å². The fourth-order valence-corrected chi connectivity index (χ4v) is 1.20. The lowest BCUT2D eigenvalue weighted by Gasteiger charge is -2.02. The molecule has 0 saturated carbocycles. The Labute approximate surface area is 86.6 Å². The lowest BCUT2D eigenvalue weighted by molar-refractivity contribution is 0.129. The second kappa shape index (κ2) is 12.3. The van der Waals surface area contributed by atoms with Crippen molar-refractivity contribution in [3.63, 3.8) is 0 Å². The summed E-state index contributed by atoms with van der Waals surface area (Å²) in [5, 5.41) is 0. The van der Waals surface area contributed by atoms with Gasteiger partial charge in [-0.05, 0) is 12.8 Å². The fourth-order valence-electron chi connectivity index (χ4n) is 1.20. The second-order valence-electron chi connectivity index (χ2n) is 3.35. The van der Waals surface area contributed by atoms with Crippen LogP contribution in [0.1, 0.15) is 45.4 Å². The normalized spacial score (nSPS) is 9.79. The predicted molar refractivity (Wildman–Crippen MR) is 57.2 cm³/mol. The van der Waals surface area contributed by atoms with E-state index in [1.54, 1.807) is 0 Å². The minimum absolute atomic E-state index is 0.541. The van der Waals surface area contributed by atoms with Crippen LogP contribution in [0.2, 0.25) is 0 Å². The molecule has 0 saturated heterocycles. The molecular formula is C11H21NO2. The van der Waals surface area contributed by atoms with Crippen LogP contribution >= 0.6 is 0 Å². The smallest absolute Gasteiger partial charge is 0.234 e. The Morgan fingerprint density at radius 1 is 1.07 bits per heavy atom. The standard InChI is InChI=1S/C11H21NO2/c1-2-3-4-5-6-9-14-10-7-8-12-11-13/h2-10H2,1H3. The summed E-state index contributed by atoms with van der Waals surface area (Å²) >= 11 is 0. The van der Waals surface area contributed by atoms with Crippen molar-refractivity contribution in [1.29, 1.82) is 0 Å². The third-order valence-electron chi connectivity index (χ3n) is 2.02. The SMILES string of the molecule is CCCCCCCOCCCN=C=O. The summed E-state index contributed by atoms with van der Waals surface area (Å²) in [4.78, 5) is 13.2. The third kappa shape index (κ3) is 11.3. The Bertz CT molecular complexity index is 153. The molecule has 0 unspecified atom stereocenters. The molecule has 0 radical (unpaired) electrons. The zero-order chi connectivity index (χ0) is 10.5. The van der Waals surface area contributed by atoms with Gasteiger partial charge in [-0.15, -0.1) is 0 Å². The van der Waals surface area contributed by atoms with Crippen molar-refractivity contribution in [2.24, 2.45) is 4.99 Å². The van der Waals surface area contributed by atoms with Gasteiger partial charge in [0.25, 0.3) is 0 Å². The summed E-state index contributed by atoms with van der Waals surface area (Å²) < 4.78 is 5.37. The molecule has 0 rings (SSSR count). The summed E-state index contributed by atoms with van der Waals surface area (Å²) in [5.74, 6) is 0. The molecular weight excluding hydrogens is 178 g/mol. The Balaban J connectivity index is 2.88. The summed E-state index contributed by atoms with van der Waals surface area (Å²) in [6.45, 7) is 4.30. The highest BCUT2D eigenvalue weighted by atomic mass is 16.5. The maximum absolute atomic E-state index is 9.71. The van der Waals surface area contributed by atoms with Crippen molar-refractivity contribution in [2.45, 2.75) is 45.4 Å². The predicted octanol–water partition coefficient (Wildman–Crippen LogP) is 2.70. The lowest BCUT2D eigenvalue weighted by Crippen LogP contribution is -1.98. The number of ether oxygens (including phenoxy) is 1. The van der Waals surface area contributed by atoms with Crippen LogP contribution in [-0.2, 0) is 9.53 Å². The number of aliphatic imine (C=N–C) groups is 1. The van der Waals surface area contributed by atoms with E-state index in [1.807, 2.05) is 0 Å². The van der Waals surface area contributed by atoms with Crippen LogP contribution in [-0.4, -0.2) is 25.8 Å². The second-order valence-corrected chi connectivity index (χ2v) is 3.35. The molecule has 82 valence electrons. The third-order valence-corrected chi connectivity index (χ3v) is 2.02. The van der Waals surface area contributed by atoms with Gasteiger partial charge < -0.3 is 4.74 Å². The molecule has 0 aliphatic heterocycles. The van der Waals surface area contributed by atoms with E-state index in [9.17, 15) is 4.79 Å². The summed E-state index contributed by atoms with van der Waals surface area (Å²) in [7, 11) is 0. The van der Waals surface area contributed by atoms with Gasteiger partial charge in [-0.1, -0.05) is 32.6 Å². The lowest BCUT2D eigenvalue weighted by atomic mass is 10.2. The van der Waals surface area contributed by atoms with Gasteiger partial charge in [0.1, 0.15) is 0 Å². The number of hydrogen-bond donors (Lipinski definition) is 0. The highest BCUT2D eigenvalue weighted by Crippen LogP contribution is 2.02. The van der Waals surface area contributed by atoms with Gasteiger partial charge in [0, 0.05) is 13.2 Å². The topological polar surface area (TPSA) is 38.7 Å². The Morgan fingerprint density at radius 3 is 2.50 bits per heavy atom. The maximum Gasteiger partial charge on any atom is 0.234 e. The van der Waals surface area contributed by atoms with Gasteiger partial charge in [-0.2, -0.15) is 0 Å². The molecule has 0 atom stereocenters. The van der Waals surface area contributed by atoms with Crippen LogP contribution in [0, 0.1) is 0 Å². The van der Waals surface area contributed by atoms with Crippen molar-refractivity contribution in [3.05, 3.63) is 0 Å². The van der Waals surface area contributed by atoms with E-state index in [2.05, 4.69) is 11.9 Å². The van der Waals surface area contributed by atoms with Crippen LogP contribution in [0.5, 0.6) is 0 Å². The first-order valence-corrected chi connectivity index (χ1v) is 5.53. The van der Waals surface area contributed by atoms with Crippen molar-refractivity contribution >= 4 is 6.08 Å². The van der Waals surface area contributed by atoms with E-state index in [-0.39, 0.29) is 0 Å². The maximum atomic E-state index is 9.71. The van der Waals surface area contributed by atoms with Crippen molar-refractivity contribution in [3.8, 4) is 0 Å². The van der Waals surface area contributed by atoms with Gasteiger partial charge in [0.2, 0.25) is 6.08 Å². The Kier molecular flexibility index (Phi) is 11.8. The zero-order valence-corrected chi connectivity index (χ0v) is 9.13. The summed E-state index contributed by atoms with van der Waals surface area (Å²) in [6.07, 6.45) is 8.67. The largest absolute Gasteiger partial charge is 0.381 e. The first-order chi connectivity index (χ1) is 6.91. The van der Waals surface area contributed by atoms with Crippen molar-refractivity contribution in [1.82, 2.24) is 0 Å². The minimum atomic E-state index is 0.541. The van der Waals surface area contributed by atoms with Gasteiger partial charge in [0.15, 0.2) is 0 Å². The number of carbonyl (C=O) groups excluding carboxylic acids is 1. The van der Waals surface area contributed by atoms with Crippen molar-refractivity contribution in [2.75, 3.05) is 19.8 Å². The van der Waals surface area contributed by atoms with Crippen LogP contribution in [0.15, 0.2) is 4.99 Å². The molecule has 3 heteroatoms. The minimum Gasteiger partial charge on any atom is -0.381 e. The molecule has 0 heterocycles. The molecule has 14 heavy (non-hydrogen) atoms. The number of hydrogen-bond acceptors (Lipinski definition) is 3. The Hall–Kier alpha value is -0.660. The van der Waals surface area contributed by atoms with Crippen LogP contribution in [0.4, 0.5) is 0 Å². The van der Waals surface area contributed by atoms with Gasteiger partial charge >= 0.3 is 0 Å². The van der Waals surface area contributed by atoms with Crippen LogP contribution < -0.4 is 0 Å². The molecule has 0 N–H and O–H groups in total. The van der Waals surface area contributed by atoms with Gasteiger partial charge in [-0.25, -0.2) is 9.79 Å². The number of unbranched alkanes of at least 4 members (excludes halogenated alkanes) is 4. The molecule has 3 nitrogen and oxygen atoms in total. The molecule has 0 aliphatic rings. The molecule has 0 spiro atoms. The average molecular weight is 199 g/mol. The number of rotatable bonds is 10. The van der Waals surface area contributed by atoms with Crippen LogP contribution in [0.25, 0.3) is 0 Å². The first kappa shape index (κ1) is 13.3. The monoisotopic (exact) mass is 199 g/mol. The quantitative estimate of drug-likeness (QED) is 0.308.